The topological polar surface area (TPSA) is 24.1 Å². The van der Waals surface area contributed by atoms with Crippen molar-refractivity contribution in [3.05, 3.63) is 64.2 Å². The molecule has 0 radical (unpaired) electrons. The summed E-state index contributed by atoms with van der Waals surface area (Å²) in [6.45, 7) is 0.782. The highest BCUT2D eigenvalue weighted by Crippen LogP contribution is 2.25. The van der Waals surface area contributed by atoms with Crippen LogP contribution >= 0.6 is 12.2 Å². The van der Waals surface area contributed by atoms with Crippen LogP contribution in [0, 0.1) is 0 Å². The third-order valence-corrected chi connectivity index (χ3v) is 5.22. The molecule has 118 valence electrons. The SMILES string of the molecule is S=C(NCc1ccc2c(c1)CCC2)Nc1ccc2c(c1)CCC2. The number of nitrogens with one attached hydrogen (secondary N) is 2. The van der Waals surface area contributed by atoms with Gasteiger partial charge in [-0.3, -0.25) is 0 Å². The molecule has 0 unspecified atom stereocenters. The molecular weight excluding hydrogens is 300 g/mol. The summed E-state index contributed by atoms with van der Waals surface area (Å²) in [4.78, 5) is 0. The summed E-state index contributed by atoms with van der Waals surface area (Å²) >= 11 is 5.44. The third kappa shape index (κ3) is 3.25. The molecule has 0 saturated heterocycles. The van der Waals surface area contributed by atoms with E-state index in [0.29, 0.717) is 5.11 Å². The van der Waals surface area contributed by atoms with Crippen LogP contribution in [-0.4, -0.2) is 5.11 Å². The van der Waals surface area contributed by atoms with E-state index in [1.807, 2.05) is 0 Å². The number of fused-ring (bicyclic) bond motifs is 2. The van der Waals surface area contributed by atoms with Gasteiger partial charge in [0.2, 0.25) is 0 Å². The Labute approximate surface area is 143 Å². The molecule has 0 heterocycles. The van der Waals surface area contributed by atoms with Crippen LogP contribution in [0.4, 0.5) is 5.69 Å². The van der Waals surface area contributed by atoms with Crippen LogP contribution in [0.15, 0.2) is 36.4 Å². The molecule has 0 bridgehead atoms. The summed E-state index contributed by atoms with van der Waals surface area (Å²) in [5.74, 6) is 0. The summed E-state index contributed by atoms with van der Waals surface area (Å²) in [6.07, 6.45) is 7.45. The Morgan fingerprint density at radius 1 is 0.826 bits per heavy atom. The van der Waals surface area contributed by atoms with Crippen molar-refractivity contribution in [3.63, 3.8) is 0 Å². The first-order valence-electron chi connectivity index (χ1n) is 8.55. The van der Waals surface area contributed by atoms with Gasteiger partial charge >= 0.3 is 0 Å². The lowest BCUT2D eigenvalue weighted by Gasteiger charge is -2.12. The number of aryl methyl sites for hydroxylation is 4. The zero-order chi connectivity index (χ0) is 15.6. The van der Waals surface area contributed by atoms with E-state index >= 15 is 0 Å². The molecule has 2 nitrogen and oxygen atoms in total. The first-order valence-corrected chi connectivity index (χ1v) is 8.96. The van der Waals surface area contributed by atoms with E-state index in [2.05, 4.69) is 47.0 Å². The summed E-state index contributed by atoms with van der Waals surface area (Å²) in [5.41, 5.74) is 8.40. The van der Waals surface area contributed by atoms with E-state index in [-0.39, 0.29) is 0 Å². The van der Waals surface area contributed by atoms with Crippen LogP contribution in [0.1, 0.15) is 40.7 Å². The number of hydrogen-bond donors (Lipinski definition) is 2. The maximum atomic E-state index is 5.44. The van der Waals surface area contributed by atoms with Crippen molar-refractivity contribution in [1.82, 2.24) is 5.32 Å². The highest BCUT2D eigenvalue weighted by atomic mass is 32.1. The fraction of sp³-hybridized carbons (Fsp3) is 0.350. The molecule has 4 rings (SSSR count). The molecule has 0 amide bonds. The van der Waals surface area contributed by atoms with Crippen molar-refractivity contribution < 1.29 is 0 Å². The standard InChI is InChI=1S/C20H22N2S/c23-20(22-19-10-9-16-4-2-6-18(16)12-19)21-13-14-7-8-15-3-1-5-17(15)11-14/h7-12H,1-6,13H2,(H2,21,22,23). The average molecular weight is 322 g/mol. The fourth-order valence-electron chi connectivity index (χ4n) is 3.74. The second kappa shape index (κ2) is 6.32. The van der Waals surface area contributed by atoms with Gasteiger partial charge in [-0.25, -0.2) is 0 Å². The van der Waals surface area contributed by atoms with Crippen LogP contribution in [0.5, 0.6) is 0 Å². The summed E-state index contributed by atoms with van der Waals surface area (Å²) in [7, 11) is 0. The molecule has 23 heavy (non-hydrogen) atoms. The van der Waals surface area contributed by atoms with Gasteiger partial charge in [0, 0.05) is 12.2 Å². The zero-order valence-electron chi connectivity index (χ0n) is 13.3. The van der Waals surface area contributed by atoms with Gasteiger partial charge in [0.15, 0.2) is 5.11 Å². The maximum Gasteiger partial charge on any atom is 0.171 e. The van der Waals surface area contributed by atoms with Crippen molar-refractivity contribution in [2.45, 2.75) is 45.1 Å². The molecule has 2 aliphatic carbocycles. The monoisotopic (exact) mass is 322 g/mol. The molecule has 0 saturated carbocycles. The quantitative estimate of drug-likeness (QED) is 0.830. The van der Waals surface area contributed by atoms with E-state index in [1.54, 1.807) is 0 Å². The average Bonchev–Trinajstić information content (AvgIpc) is 3.20. The van der Waals surface area contributed by atoms with E-state index < -0.39 is 0 Å². The molecule has 0 atom stereocenters. The number of anilines is 1. The first-order chi connectivity index (χ1) is 11.3. The Balaban J connectivity index is 1.35. The van der Waals surface area contributed by atoms with E-state index in [0.717, 1.165) is 12.2 Å². The highest BCUT2D eigenvalue weighted by molar-refractivity contribution is 7.80. The van der Waals surface area contributed by atoms with Crippen LogP contribution in [0.25, 0.3) is 0 Å². The molecule has 2 aliphatic rings. The van der Waals surface area contributed by atoms with Crippen LogP contribution < -0.4 is 10.6 Å². The Bertz CT molecular complexity index is 751. The van der Waals surface area contributed by atoms with E-state index in [4.69, 9.17) is 12.2 Å². The van der Waals surface area contributed by atoms with Crippen molar-refractivity contribution in [1.29, 1.82) is 0 Å². The first kappa shape index (κ1) is 14.7. The summed E-state index contributed by atoms with van der Waals surface area (Å²) < 4.78 is 0. The molecule has 2 N–H and O–H groups in total. The Morgan fingerprint density at radius 3 is 2.26 bits per heavy atom. The Kier molecular flexibility index (Phi) is 4.04. The van der Waals surface area contributed by atoms with Gasteiger partial charge < -0.3 is 10.6 Å². The van der Waals surface area contributed by atoms with Crippen molar-refractivity contribution >= 4 is 23.0 Å². The largest absolute Gasteiger partial charge is 0.358 e. The second-order valence-electron chi connectivity index (χ2n) is 6.60. The van der Waals surface area contributed by atoms with Gasteiger partial charge in [0.1, 0.15) is 0 Å². The zero-order valence-corrected chi connectivity index (χ0v) is 14.1. The lowest BCUT2D eigenvalue weighted by atomic mass is 10.1. The Morgan fingerprint density at radius 2 is 1.48 bits per heavy atom. The molecule has 0 fully saturated rings. The van der Waals surface area contributed by atoms with E-state index in [9.17, 15) is 0 Å². The van der Waals surface area contributed by atoms with Crippen molar-refractivity contribution in [3.8, 4) is 0 Å². The predicted octanol–water partition coefficient (Wildman–Crippen LogP) is 4.15. The number of thiocarbonyl (C=S) groups is 1. The lowest BCUT2D eigenvalue weighted by molar-refractivity contribution is 0.907. The van der Waals surface area contributed by atoms with Gasteiger partial charge in [-0.05, 0) is 90.7 Å². The number of hydrogen-bond acceptors (Lipinski definition) is 1. The normalized spacial score (nSPS) is 15.1. The van der Waals surface area contributed by atoms with Gasteiger partial charge in [-0.15, -0.1) is 0 Å². The third-order valence-electron chi connectivity index (χ3n) is 4.97. The smallest absolute Gasteiger partial charge is 0.171 e. The van der Waals surface area contributed by atoms with E-state index in [1.165, 1.54) is 66.3 Å². The molecule has 0 spiro atoms. The van der Waals surface area contributed by atoms with Gasteiger partial charge in [-0.2, -0.15) is 0 Å². The molecule has 0 aromatic heterocycles. The minimum absolute atomic E-state index is 0.698. The number of benzene rings is 2. The summed E-state index contributed by atoms with van der Waals surface area (Å²) in [6, 6.07) is 13.4. The highest BCUT2D eigenvalue weighted by Gasteiger charge is 2.12. The molecule has 2 aromatic rings. The van der Waals surface area contributed by atoms with Crippen molar-refractivity contribution in [2.75, 3.05) is 5.32 Å². The minimum atomic E-state index is 0.698. The molecular formula is C20H22N2S. The second-order valence-corrected chi connectivity index (χ2v) is 7.01. The van der Waals surface area contributed by atoms with Gasteiger partial charge in [0.25, 0.3) is 0 Å². The van der Waals surface area contributed by atoms with Gasteiger partial charge in [-0.1, -0.05) is 24.3 Å². The molecule has 2 aromatic carbocycles. The van der Waals surface area contributed by atoms with Gasteiger partial charge in [0.05, 0.1) is 0 Å². The molecule has 0 aliphatic heterocycles. The molecule has 3 heteroatoms. The predicted molar refractivity (Wildman–Crippen MR) is 100.0 cm³/mol. The maximum absolute atomic E-state index is 5.44. The van der Waals surface area contributed by atoms with Crippen LogP contribution in [0.3, 0.4) is 0 Å². The summed E-state index contributed by atoms with van der Waals surface area (Å²) in [5, 5.41) is 7.34. The lowest BCUT2D eigenvalue weighted by Crippen LogP contribution is -2.27. The fourth-order valence-corrected chi connectivity index (χ4v) is 3.93. The minimum Gasteiger partial charge on any atom is -0.358 e. The Hall–Kier alpha value is -1.87. The number of rotatable bonds is 3. The van der Waals surface area contributed by atoms with Crippen molar-refractivity contribution in [2.24, 2.45) is 0 Å². The van der Waals surface area contributed by atoms with Crippen LogP contribution in [-0.2, 0) is 32.2 Å². The van der Waals surface area contributed by atoms with Crippen LogP contribution in [0.2, 0.25) is 0 Å².